The van der Waals surface area contributed by atoms with E-state index in [1.165, 1.54) is 5.57 Å². The van der Waals surface area contributed by atoms with Crippen molar-refractivity contribution in [3.8, 4) is 0 Å². The Kier molecular flexibility index (Phi) is 6.94. The Morgan fingerprint density at radius 1 is 1.33 bits per heavy atom. The maximum Gasteiger partial charge on any atom is 0.159 e. The van der Waals surface area contributed by atoms with Gasteiger partial charge >= 0.3 is 0 Å². The maximum atomic E-state index is 6.02. The van der Waals surface area contributed by atoms with Gasteiger partial charge in [-0.05, 0) is 50.9 Å². The van der Waals surface area contributed by atoms with Gasteiger partial charge in [0.2, 0.25) is 0 Å². The SMILES string of the molecule is CC1=CC=C(n2nc(N3CCCOC(COCCCN)C3)c3ccncc32)C=CC1. The van der Waals surface area contributed by atoms with Crippen molar-refractivity contribution in [3.05, 3.63) is 48.3 Å². The number of ether oxygens (including phenoxy) is 2. The number of aromatic nitrogens is 3. The van der Waals surface area contributed by atoms with Gasteiger partial charge in [-0.15, -0.1) is 5.10 Å². The lowest BCUT2D eigenvalue weighted by Gasteiger charge is -2.24. The van der Waals surface area contributed by atoms with Crippen LogP contribution in [0.3, 0.4) is 0 Å². The number of rotatable bonds is 7. The van der Waals surface area contributed by atoms with Crippen molar-refractivity contribution in [2.45, 2.75) is 32.3 Å². The zero-order valence-electron chi connectivity index (χ0n) is 17.7. The highest BCUT2D eigenvalue weighted by molar-refractivity contribution is 5.92. The predicted octanol–water partition coefficient (Wildman–Crippen LogP) is 3.14. The van der Waals surface area contributed by atoms with Crippen LogP contribution in [0.5, 0.6) is 0 Å². The maximum absolute atomic E-state index is 6.02. The Morgan fingerprint density at radius 2 is 2.27 bits per heavy atom. The van der Waals surface area contributed by atoms with Gasteiger partial charge in [-0.25, -0.2) is 4.68 Å². The quantitative estimate of drug-likeness (QED) is 0.708. The molecule has 160 valence electrons. The second-order valence-corrected chi connectivity index (χ2v) is 7.85. The summed E-state index contributed by atoms with van der Waals surface area (Å²) in [7, 11) is 0. The summed E-state index contributed by atoms with van der Waals surface area (Å²) in [5.74, 6) is 0.976. The van der Waals surface area contributed by atoms with Crippen molar-refractivity contribution in [2.75, 3.05) is 44.4 Å². The van der Waals surface area contributed by atoms with Crippen LogP contribution < -0.4 is 10.6 Å². The molecule has 7 nitrogen and oxygen atoms in total. The molecule has 2 aromatic heterocycles. The van der Waals surface area contributed by atoms with Gasteiger partial charge in [0.25, 0.3) is 0 Å². The second-order valence-electron chi connectivity index (χ2n) is 7.85. The lowest BCUT2D eigenvalue weighted by Crippen LogP contribution is -2.35. The Bertz CT molecular complexity index is 946. The van der Waals surface area contributed by atoms with E-state index in [0.29, 0.717) is 19.8 Å². The van der Waals surface area contributed by atoms with Crippen LogP contribution in [0.4, 0.5) is 5.82 Å². The van der Waals surface area contributed by atoms with Gasteiger partial charge in [0.1, 0.15) is 0 Å². The molecule has 4 rings (SSSR count). The van der Waals surface area contributed by atoms with Crippen molar-refractivity contribution in [1.82, 2.24) is 14.8 Å². The third kappa shape index (κ3) is 4.80. The minimum atomic E-state index is 0.0230. The van der Waals surface area contributed by atoms with E-state index in [1.54, 1.807) is 0 Å². The molecule has 1 unspecified atom stereocenters. The van der Waals surface area contributed by atoms with Gasteiger partial charge < -0.3 is 20.1 Å². The summed E-state index contributed by atoms with van der Waals surface area (Å²) < 4.78 is 13.8. The molecule has 2 N–H and O–H groups in total. The summed E-state index contributed by atoms with van der Waals surface area (Å²) in [4.78, 5) is 6.68. The van der Waals surface area contributed by atoms with Crippen molar-refractivity contribution in [2.24, 2.45) is 5.73 Å². The van der Waals surface area contributed by atoms with Crippen LogP contribution in [0.25, 0.3) is 16.6 Å². The molecule has 0 bridgehead atoms. The first-order valence-electron chi connectivity index (χ1n) is 10.8. The first kappa shape index (κ1) is 20.8. The molecule has 2 aromatic rings. The first-order chi connectivity index (χ1) is 14.8. The fourth-order valence-corrected chi connectivity index (χ4v) is 3.82. The van der Waals surface area contributed by atoms with Gasteiger partial charge in [-0.1, -0.05) is 17.7 Å². The van der Waals surface area contributed by atoms with Crippen molar-refractivity contribution < 1.29 is 9.47 Å². The van der Waals surface area contributed by atoms with E-state index in [4.69, 9.17) is 20.3 Å². The van der Waals surface area contributed by atoms with E-state index in [-0.39, 0.29) is 6.10 Å². The molecule has 0 amide bonds. The average Bonchev–Trinajstić information content (AvgIpc) is 2.89. The van der Waals surface area contributed by atoms with Crippen LogP contribution in [-0.2, 0) is 9.47 Å². The summed E-state index contributed by atoms with van der Waals surface area (Å²) in [6.45, 7) is 6.44. The molecule has 2 aliphatic rings. The second kappa shape index (κ2) is 10.0. The molecule has 1 fully saturated rings. The minimum absolute atomic E-state index is 0.0230. The van der Waals surface area contributed by atoms with E-state index in [2.05, 4.69) is 47.2 Å². The van der Waals surface area contributed by atoms with Crippen LogP contribution >= 0.6 is 0 Å². The summed E-state index contributed by atoms with van der Waals surface area (Å²) in [6, 6.07) is 2.05. The van der Waals surface area contributed by atoms with Crippen molar-refractivity contribution in [3.63, 3.8) is 0 Å². The molecule has 0 spiro atoms. The molecule has 1 atom stereocenters. The van der Waals surface area contributed by atoms with Crippen molar-refractivity contribution in [1.29, 1.82) is 0 Å². The molecule has 0 aromatic carbocycles. The minimum Gasteiger partial charge on any atom is -0.379 e. The third-order valence-corrected chi connectivity index (χ3v) is 5.42. The summed E-state index contributed by atoms with van der Waals surface area (Å²) in [5.41, 5.74) is 8.94. The largest absolute Gasteiger partial charge is 0.379 e. The summed E-state index contributed by atoms with van der Waals surface area (Å²) in [5, 5.41) is 6.14. The molecule has 0 saturated carbocycles. The topological polar surface area (TPSA) is 78.4 Å². The first-order valence-corrected chi connectivity index (χ1v) is 10.8. The lowest BCUT2D eigenvalue weighted by atomic mass is 10.2. The third-order valence-electron chi connectivity index (χ3n) is 5.42. The van der Waals surface area contributed by atoms with Gasteiger partial charge in [0.05, 0.1) is 30.1 Å². The molecule has 3 heterocycles. The number of nitrogens with zero attached hydrogens (tertiary/aromatic N) is 4. The van der Waals surface area contributed by atoms with Gasteiger partial charge in [0, 0.05) is 37.9 Å². The molecule has 30 heavy (non-hydrogen) atoms. The summed E-state index contributed by atoms with van der Waals surface area (Å²) in [6.07, 6.45) is 15.1. The van der Waals surface area contributed by atoms with Crippen LogP contribution in [0.2, 0.25) is 0 Å². The lowest BCUT2D eigenvalue weighted by molar-refractivity contribution is -0.00590. The fourth-order valence-electron chi connectivity index (χ4n) is 3.82. The Morgan fingerprint density at radius 3 is 3.17 bits per heavy atom. The zero-order chi connectivity index (χ0) is 20.8. The van der Waals surface area contributed by atoms with E-state index < -0.39 is 0 Å². The molecule has 1 aliphatic heterocycles. The molecule has 1 aliphatic carbocycles. The van der Waals surface area contributed by atoms with Crippen molar-refractivity contribution >= 4 is 22.4 Å². The van der Waals surface area contributed by atoms with E-state index >= 15 is 0 Å². The van der Waals surface area contributed by atoms with Gasteiger partial charge in [-0.3, -0.25) is 4.98 Å². The Balaban J connectivity index is 1.62. The Hall–Kier alpha value is -2.48. The zero-order valence-corrected chi connectivity index (χ0v) is 17.7. The molecule has 7 heteroatoms. The number of anilines is 1. The van der Waals surface area contributed by atoms with Crippen LogP contribution in [0.1, 0.15) is 26.2 Å². The number of allylic oxidation sites excluding steroid dienone is 6. The summed E-state index contributed by atoms with van der Waals surface area (Å²) >= 11 is 0. The van der Waals surface area contributed by atoms with Crippen LogP contribution in [0, 0.1) is 0 Å². The molecular weight excluding hydrogens is 378 g/mol. The molecule has 1 saturated heterocycles. The standard InChI is InChI=1S/C23H31N5O2/c1-18-5-2-6-19(8-7-18)28-22-15-25-11-9-21(22)23(26-28)27-12-4-14-30-20(16-27)17-29-13-3-10-24/h2,6-9,11,15,20H,3-5,10,12-14,16-17,24H2,1H3. The van der Waals surface area contributed by atoms with Crippen LogP contribution in [0.15, 0.2) is 48.3 Å². The molecular formula is C23H31N5O2. The Labute approximate surface area is 177 Å². The number of hydrogen-bond donors (Lipinski definition) is 1. The average molecular weight is 410 g/mol. The highest BCUT2D eigenvalue weighted by atomic mass is 16.5. The highest BCUT2D eigenvalue weighted by Crippen LogP contribution is 2.30. The van der Waals surface area contributed by atoms with Gasteiger partial charge in [0.15, 0.2) is 5.82 Å². The number of pyridine rings is 1. The number of fused-ring (bicyclic) bond motifs is 1. The number of hydrogen-bond acceptors (Lipinski definition) is 6. The fraction of sp³-hybridized carbons (Fsp3) is 0.478. The predicted molar refractivity (Wildman–Crippen MR) is 120 cm³/mol. The highest BCUT2D eigenvalue weighted by Gasteiger charge is 2.24. The normalized spacial score (nSPS) is 20.1. The smallest absolute Gasteiger partial charge is 0.159 e. The van der Waals surface area contributed by atoms with E-state index in [9.17, 15) is 0 Å². The monoisotopic (exact) mass is 409 g/mol. The van der Waals surface area contributed by atoms with Crippen LogP contribution in [-0.4, -0.2) is 60.3 Å². The van der Waals surface area contributed by atoms with Gasteiger partial charge in [-0.2, -0.15) is 0 Å². The molecule has 0 radical (unpaired) electrons. The van der Waals surface area contributed by atoms with E-state index in [1.807, 2.05) is 17.1 Å². The van der Waals surface area contributed by atoms with E-state index in [0.717, 1.165) is 61.4 Å². The number of nitrogens with two attached hydrogens (primary N) is 1.